The maximum absolute atomic E-state index is 12.8. The Morgan fingerprint density at radius 3 is 2.80 bits per heavy atom. The molecule has 1 aromatic rings. The van der Waals surface area contributed by atoms with Crippen molar-refractivity contribution in [2.75, 3.05) is 31.6 Å². The largest absolute Gasteiger partial charge is 0.416 e. The number of hydrogen-bond donors (Lipinski definition) is 1. The van der Waals surface area contributed by atoms with Gasteiger partial charge in [-0.3, -0.25) is 9.69 Å². The highest BCUT2D eigenvalue weighted by Crippen LogP contribution is 2.30. The minimum Gasteiger partial charge on any atom is -0.381 e. The van der Waals surface area contributed by atoms with Crippen LogP contribution in [0.25, 0.3) is 0 Å². The van der Waals surface area contributed by atoms with Gasteiger partial charge < -0.3 is 10.1 Å². The summed E-state index contributed by atoms with van der Waals surface area (Å²) in [6, 6.07) is 1.46. The number of pyridine rings is 1. The predicted octanol–water partition coefficient (Wildman–Crippen LogP) is 2.93. The Morgan fingerprint density at radius 1 is 1.32 bits per heavy atom. The molecule has 3 heterocycles. The van der Waals surface area contributed by atoms with Crippen molar-refractivity contribution >= 4 is 11.7 Å². The van der Waals surface area contributed by atoms with Crippen molar-refractivity contribution in [2.24, 2.45) is 5.92 Å². The molecule has 138 valence electrons. The second-order valence-electron chi connectivity index (χ2n) is 6.63. The number of ether oxygens (including phenoxy) is 1. The van der Waals surface area contributed by atoms with Crippen LogP contribution in [0.5, 0.6) is 0 Å². The van der Waals surface area contributed by atoms with E-state index in [4.69, 9.17) is 4.74 Å². The molecular weight excluding hydrogens is 335 g/mol. The average molecular weight is 357 g/mol. The van der Waals surface area contributed by atoms with Gasteiger partial charge in [0, 0.05) is 26.0 Å². The summed E-state index contributed by atoms with van der Waals surface area (Å²) in [5, 5.41) is 2.55. The van der Waals surface area contributed by atoms with E-state index in [0.717, 1.165) is 63.9 Å². The first-order chi connectivity index (χ1) is 11.9. The Bertz CT molecular complexity index is 603. The zero-order valence-corrected chi connectivity index (χ0v) is 13.9. The van der Waals surface area contributed by atoms with E-state index >= 15 is 0 Å². The fourth-order valence-corrected chi connectivity index (χ4v) is 3.49. The number of nitrogens with one attached hydrogen (secondary N) is 1. The third-order valence-electron chi connectivity index (χ3n) is 4.84. The smallest absolute Gasteiger partial charge is 0.381 e. The normalized spacial score (nSPS) is 22.9. The summed E-state index contributed by atoms with van der Waals surface area (Å²) in [6.45, 7) is 3.18. The Hall–Kier alpha value is -1.67. The lowest BCUT2D eigenvalue weighted by Gasteiger charge is -2.30. The minimum absolute atomic E-state index is 0.0576. The Balaban J connectivity index is 1.61. The molecule has 2 aliphatic heterocycles. The van der Waals surface area contributed by atoms with Gasteiger partial charge in [-0.2, -0.15) is 13.2 Å². The van der Waals surface area contributed by atoms with Gasteiger partial charge in [0.25, 0.3) is 0 Å². The molecule has 25 heavy (non-hydrogen) atoms. The quantitative estimate of drug-likeness (QED) is 0.900. The van der Waals surface area contributed by atoms with Crippen molar-refractivity contribution in [2.45, 2.75) is 37.9 Å². The van der Waals surface area contributed by atoms with E-state index in [1.54, 1.807) is 0 Å². The van der Waals surface area contributed by atoms with Crippen LogP contribution in [0, 0.1) is 5.92 Å². The first-order valence-electron chi connectivity index (χ1n) is 8.59. The second kappa shape index (κ2) is 7.70. The predicted molar refractivity (Wildman–Crippen MR) is 86.0 cm³/mol. The highest BCUT2D eigenvalue weighted by atomic mass is 19.4. The van der Waals surface area contributed by atoms with Crippen molar-refractivity contribution in [1.82, 2.24) is 9.88 Å². The Morgan fingerprint density at radius 2 is 2.08 bits per heavy atom. The van der Waals surface area contributed by atoms with Gasteiger partial charge in [0.2, 0.25) is 5.91 Å². The van der Waals surface area contributed by atoms with E-state index in [2.05, 4.69) is 15.2 Å². The van der Waals surface area contributed by atoms with Crippen molar-refractivity contribution in [1.29, 1.82) is 0 Å². The van der Waals surface area contributed by atoms with Crippen LogP contribution in [0.15, 0.2) is 18.3 Å². The van der Waals surface area contributed by atoms with E-state index in [0.29, 0.717) is 12.3 Å². The van der Waals surface area contributed by atoms with Crippen LogP contribution in [-0.2, 0) is 15.7 Å². The minimum atomic E-state index is -4.45. The topological polar surface area (TPSA) is 54.5 Å². The molecule has 0 radical (unpaired) electrons. The molecule has 2 saturated heterocycles. The number of aromatic nitrogens is 1. The molecule has 1 atom stereocenters. The van der Waals surface area contributed by atoms with E-state index in [9.17, 15) is 18.0 Å². The van der Waals surface area contributed by atoms with Crippen LogP contribution in [0.4, 0.5) is 19.0 Å². The van der Waals surface area contributed by atoms with Crippen LogP contribution in [0.2, 0.25) is 0 Å². The van der Waals surface area contributed by atoms with E-state index in [1.807, 2.05) is 0 Å². The lowest BCUT2D eigenvalue weighted by molar-refractivity contribution is -0.137. The number of carbonyl (C=O) groups excluding carboxylic acids is 1. The Labute approximate surface area is 144 Å². The highest BCUT2D eigenvalue weighted by Gasteiger charge is 2.34. The van der Waals surface area contributed by atoms with Gasteiger partial charge in [-0.05, 0) is 50.3 Å². The third kappa shape index (κ3) is 4.70. The number of hydrogen-bond acceptors (Lipinski definition) is 4. The number of nitrogens with zero attached hydrogens (tertiary/aromatic N) is 2. The Kier molecular flexibility index (Phi) is 5.58. The molecule has 5 nitrogen and oxygen atoms in total. The zero-order chi connectivity index (χ0) is 17.9. The molecule has 0 unspecified atom stereocenters. The second-order valence-corrected chi connectivity index (χ2v) is 6.63. The number of halogens is 3. The number of likely N-dealkylation sites (tertiary alicyclic amines) is 1. The molecule has 2 aliphatic rings. The molecule has 1 amide bonds. The molecular formula is C17H22F3N3O2. The van der Waals surface area contributed by atoms with E-state index in [-0.39, 0.29) is 17.8 Å². The average Bonchev–Trinajstić information content (AvgIpc) is 3.03. The van der Waals surface area contributed by atoms with Crippen molar-refractivity contribution < 1.29 is 22.7 Å². The van der Waals surface area contributed by atoms with Crippen molar-refractivity contribution in [3.8, 4) is 0 Å². The van der Waals surface area contributed by atoms with Crippen molar-refractivity contribution in [3.63, 3.8) is 0 Å². The lowest BCUT2D eigenvalue weighted by atomic mass is 9.99. The standard InChI is InChI=1S/C17H22F3N3O2/c18-17(19,20)13-3-6-21-15(10-13)22-16(24)14-2-1-7-23(14)11-12-4-8-25-9-5-12/h3,6,10,12,14H,1-2,4-5,7-9,11H2,(H,21,22,24)/t14-/m0/s1. The summed E-state index contributed by atoms with van der Waals surface area (Å²) in [5.41, 5.74) is -0.816. The maximum atomic E-state index is 12.8. The molecule has 0 aromatic carbocycles. The number of carbonyl (C=O) groups is 1. The van der Waals surface area contributed by atoms with Crippen LogP contribution in [0.3, 0.4) is 0 Å². The van der Waals surface area contributed by atoms with Gasteiger partial charge in [-0.1, -0.05) is 0 Å². The first-order valence-corrected chi connectivity index (χ1v) is 8.59. The van der Waals surface area contributed by atoms with Gasteiger partial charge >= 0.3 is 6.18 Å². The van der Waals surface area contributed by atoms with E-state index in [1.165, 1.54) is 0 Å². The zero-order valence-electron chi connectivity index (χ0n) is 13.9. The van der Waals surface area contributed by atoms with Gasteiger partial charge in [0.05, 0.1) is 11.6 Å². The van der Waals surface area contributed by atoms with Gasteiger partial charge in [-0.15, -0.1) is 0 Å². The molecule has 8 heteroatoms. The summed E-state index contributed by atoms with van der Waals surface area (Å²) in [7, 11) is 0. The summed E-state index contributed by atoms with van der Waals surface area (Å²) in [4.78, 5) is 18.5. The molecule has 0 aliphatic carbocycles. The third-order valence-corrected chi connectivity index (χ3v) is 4.84. The molecule has 3 rings (SSSR count). The number of rotatable bonds is 4. The van der Waals surface area contributed by atoms with Crippen LogP contribution in [-0.4, -0.2) is 48.1 Å². The summed E-state index contributed by atoms with van der Waals surface area (Å²) in [5.74, 6) is 0.169. The van der Waals surface area contributed by atoms with E-state index < -0.39 is 11.7 Å². The van der Waals surface area contributed by atoms with Gasteiger partial charge in [0.15, 0.2) is 0 Å². The summed E-state index contributed by atoms with van der Waals surface area (Å²) in [6.07, 6.45) is 0.211. The van der Waals surface area contributed by atoms with Crippen molar-refractivity contribution in [3.05, 3.63) is 23.9 Å². The summed E-state index contributed by atoms with van der Waals surface area (Å²) < 4.78 is 43.7. The SMILES string of the molecule is O=C(Nc1cc(C(F)(F)F)ccn1)[C@@H]1CCCN1CC1CCOCC1. The molecule has 0 spiro atoms. The monoisotopic (exact) mass is 357 g/mol. The van der Waals surface area contributed by atoms with Crippen LogP contribution >= 0.6 is 0 Å². The van der Waals surface area contributed by atoms with Gasteiger partial charge in [-0.25, -0.2) is 4.98 Å². The summed E-state index contributed by atoms with van der Waals surface area (Å²) >= 11 is 0. The number of anilines is 1. The first kappa shape index (κ1) is 18.1. The maximum Gasteiger partial charge on any atom is 0.416 e. The lowest BCUT2D eigenvalue weighted by Crippen LogP contribution is -2.42. The molecule has 0 saturated carbocycles. The van der Waals surface area contributed by atoms with Crippen LogP contribution in [0.1, 0.15) is 31.2 Å². The van der Waals surface area contributed by atoms with Gasteiger partial charge in [0.1, 0.15) is 5.82 Å². The molecule has 1 aromatic heterocycles. The highest BCUT2D eigenvalue weighted by molar-refractivity contribution is 5.94. The molecule has 1 N–H and O–H groups in total. The fraction of sp³-hybridized carbons (Fsp3) is 0.647. The fourth-order valence-electron chi connectivity index (χ4n) is 3.49. The van der Waals surface area contributed by atoms with Crippen LogP contribution < -0.4 is 5.32 Å². The number of alkyl halides is 3. The molecule has 2 fully saturated rings. The number of amides is 1. The molecule has 0 bridgehead atoms.